The Morgan fingerprint density at radius 3 is 2.50 bits per heavy atom. The van der Waals surface area contributed by atoms with Crippen LogP contribution in [0.2, 0.25) is 0 Å². The fourth-order valence-corrected chi connectivity index (χ4v) is 2.26. The molecule has 0 spiro atoms. The number of likely N-dealkylation sites (tertiary alicyclic amines) is 1. The van der Waals surface area contributed by atoms with Gasteiger partial charge < -0.3 is 14.8 Å². The van der Waals surface area contributed by atoms with Crippen molar-refractivity contribution in [2.75, 3.05) is 26.1 Å². The van der Waals surface area contributed by atoms with Gasteiger partial charge in [0.25, 0.3) is 5.91 Å². The van der Waals surface area contributed by atoms with Crippen molar-refractivity contribution in [2.45, 2.75) is 19.4 Å². The first-order valence-corrected chi connectivity index (χ1v) is 6.43. The van der Waals surface area contributed by atoms with Crippen molar-refractivity contribution in [1.82, 2.24) is 4.90 Å². The van der Waals surface area contributed by atoms with E-state index in [0.29, 0.717) is 23.7 Å². The molecule has 1 aromatic carbocycles. The molecule has 6 heteroatoms. The molecule has 0 saturated carbocycles. The average molecular weight is 278 g/mol. The smallest absolute Gasteiger partial charge is 0.252 e. The van der Waals surface area contributed by atoms with Gasteiger partial charge in [-0.2, -0.15) is 0 Å². The van der Waals surface area contributed by atoms with Gasteiger partial charge in [0.1, 0.15) is 6.04 Å². The number of rotatable bonds is 5. The number of ether oxygens (including phenoxy) is 2. The zero-order valence-corrected chi connectivity index (χ0v) is 11.8. The molecular weight excluding hydrogens is 260 g/mol. The second-order valence-electron chi connectivity index (χ2n) is 4.45. The maximum atomic E-state index is 12.0. The zero-order chi connectivity index (χ0) is 14.7. The SMILES string of the molecule is CCN1C(=O)CC(Nc2ccc(OC)c(OC)c2)C1=O. The Labute approximate surface area is 117 Å². The van der Waals surface area contributed by atoms with Crippen LogP contribution in [0.4, 0.5) is 5.69 Å². The summed E-state index contributed by atoms with van der Waals surface area (Å²) in [5.74, 6) is 0.853. The second kappa shape index (κ2) is 5.81. The van der Waals surface area contributed by atoms with E-state index in [-0.39, 0.29) is 18.2 Å². The number of hydrogen-bond donors (Lipinski definition) is 1. The number of carbonyl (C=O) groups is 2. The molecular formula is C14H18N2O4. The largest absolute Gasteiger partial charge is 0.493 e. The van der Waals surface area contributed by atoms with Gasteiger partial charge in [-0.3, -0.25) is 14.5 Å². The fourth-order valence-electron chi connectivity index (χ4n) is 2.26. The van der Waals surface area contributed by atoms with Crippen LogP contribution in [0.15, 0.2) is 18.2 Å². The summed E-state index contributed by atoms with van der Waals surface area (Å²) in [6.45, 7) is 2.19. The topological polar surface area (TPSA) is 67.9 Å². The van der Waals surface area contributed by atoms with Crippen LogP contribution in [0.1, 0.15) is 13.3 Å². The average Bonchev–Trinajstić information content (AvgIpc) is 2.72. The minimum Gasteiger partial charge on any atom is -0.493 e. The molecule has 1 aliphatic heterocycles. The third-order valence-electron chi connectivity index (χ3n) is 3.28. The number of carbonyl (C=O) groups excluding carboxylic acids is 2. The van der Waals surface area contributed by atoms with Gasteiger partial charge in [0.15, 0.2) is 11.5 Å². The molecule has 1 aromatic rings. The molecule has 1 N–H and O–H groups in total. The van der Waals surface area contributed by atoms with Crippen molar-refractivity contribution in [3.05, 3.63) is 18.2 Å². The molecule has 20 heavy (non-hydrogen) atoms. The van der Waals surface area contributed by atoms with Crippen LogP contribution < -0.4 is 14.8 Å². The number of imide groups is 1. The summed E-state index contributed by atoms with van der Waals surface area (Å²) in [4.78, 5) is 24.9. The van der Waals surface area contributed by atoms with E-state index in [9.17, 15) is 9.59 Å². The summed E-state index contributed by atoms with van der Waals surface area (Å²) in [7, 11) is 3.11. The third kappa shape index (κ3) is 2.54. The lowest BCUT2D eigenvalue weighted by molar-refractivity contribution is -0.138. The molecule has 2 amide bonds. The van der Waals surface area contributed by atoms with Crippen molar-refractivity contribution in [3.63, 3.8) is 0 Å². The van der Waals surface area contributed by atoms with Crippen LogP contribution in [0.25, 0.3) is 0 Å². The third-order valence-corrected chi connectivity index (χ3v) is 3.28. The van der Waals surface area contributed by atoms with Crippen LogP contribution in [0, 0.1) is 0 Å². The molecule has 1 heterocycles. The number of methoxy groups -OCH3 is 2. The zero-order valence-electron chi connectivity index (χ0n) is 11.8. The summed E-state index contributed by atoms with van der Waals surface area (Å²) in [5.41, 5.74) is 0.715. The molecule has 1 saturated heterocycles. The maximum absolute atomic E-state index is 12.0. The Bertz CT molecular complexity index is 530. The number of benzene rings is 1. The van der Waals surface area contributed by atoms with E-state index in [1.807, 2.05) is 0 Å². The molecule has 1 unspecified atom stereocenters. The predicted octanol–water partition coefficient (Wildman–Crippen LogP) is 1.26. The van der Waals surface area contributed by atoms with Gasteiger partial charge in [-0.25, -0.2) is 0 Å². The van der Waals surface area contributed by atoms with E-state index >= 15 is 0 Å². The lowest BCUT2D eigenvalue weighted by Gasteiger charge is -2.15. The summed E-state index contributed by atoms with van der Waals surface area (Å²) >= 11 is 0. The number of nitrogens with zero attached hydrogens (tertiary/aromatic N) is 1. The van der Waals surface area contributed by atoms with E-state index < -0.39 is 6.04 Å². The first-order valence-electron chi connectivity index (χ1n) is 6.43. The van der Waals surface area contributed by atoms with Crippen molar-refractivity contribution < 1.29 is 19.1 Å². The maximum Gasteiger partial charge on any atom is 0.252 e. The predicted molar refractivity (Wildman–Crippen MR) is 74.0 cm³/mol. The fraction of sp³-hybridized carbons (Fsp3) is 0.429. The first-order chi connectivity index (χ1) is 9.60. The Hall–Kier alpha value is -2.24. The first kappa shape index (κ1) is 14.2. The van der Waals surface area contributed by atoms with Crippen molar-refractivity contribution in [3.8, 4) is 11.5 Å². The molecule has 1 fully saturated rings. The summed E-state index contributed by atoms with van der Waals surface area (Å²) in [5, 5.41) is 3.06. The molecule has 0 aliphatic carbocycles. The van der Waals surface area contributed by atoms with Crippen molar-refractivity contribution >= 4 is 17.5 Å². The number of anilines is 1. The van der Waals surface area contributed by atoms with Crippen LogP contribution >= 0.6 is 0 Å². The van der Waals surface area contributed by atoms with Crippen molar-refractivity contribution in [1.29, 1.82) is 0 Å². The highest BCUT2D eigenvalue weighted by atomic mass is 16.5. The van der Waals surface area contributed by atoms with Crippen LogP contribution in [0.5, 0.6) is 11.5 Å². The van der Waals surface area contributed by atoms with Gasteiger partial charge in [0.05, 0.1) is 20.6 Å². The molecule has 0 bridgehead atoms. The summed E-state index contributed by atoms with van der Waals surface area (Å²) in [6, 6.07) is 4.76. The van der Waals surface area contributed by atoms with E-state index in [0.717, 1.165) is 0 Å². The van der Waals surface area contributed by atoms with E-state index in [1.54, 1.807) is 39.3 Å². The van der Waals surface area contributed by atoms with Gasteiger partial charge in [0.2, 0.25) is 5.91 Å². The molecule has 1 aliphatic rings. The van der Waals surface area contributed by atoms with Gasteiger partial charge in [0, 0.05) is 18.3 Å². The van der Waals surface area contributed by atoms with E-state index in [2.05, 4.69) is 5.32 Å². The minimum atomic E-state index is -0.513. The molecule has 0 aromatic heterocycles. The van der Waals surface area contributed by atoms with Crippen LogP contribution in [-0.4, -0.2) is 43.5 Å². The van der Waals surface area contributed by atoms with Crippen LogP contribution in [-0.2, 0) is 9.59 Å². The van der Waals surface area contributed by atoms with Gasteiger partial charge >= 0.3 is 0 Å². The highest BCUT2D eigenvalue weighted by Crippen LogP contribution is 2.30. The molecule has 2 rings (SSSR count). The van der Waals surface area contributed by atoms with Gasteiger partial charge in [-0.15, -0.1) is 0 Å². The highest BCUT2D eigenvalue weighted by molar-refractivity contribution is 6.06. The Morgan fingerprint density at radius 2 is 1.95 bits per heavy atom. The molecule has 6 nitrogen and oxygen atoms in total. The lowest BCUT2D eigenvalue weighted by Crippen LogP contribution is -2.34. The van der Waals surface area contributed by atoms with Gasteiger partial charge in [-0.1, -0.05) is 0 Å². The number of hydrogen-bond acceptors (Lipinski definition) is 5. The number of nitrogens with one attached hydrogen (secondary N) is 1. The lowest BCUT2D eigenvalue weighted by atomic mass is 10.2. The van der Waals surface area contributed by atoms with Gasteiger partial charge in [-0.05, 0) is 19.1 Å². The minimum absolute atomic E-state index is 0.143. The normalized spacial score (nSPS) is 18.4. The number of likely N-dealkylation sites (N-methyl/N-ethyl adjacent to an activating group) is 1. The number of amides is 2. The van der Waals surface area contributed by atoms with E-state index in [4.69, 9.17) is 9.47 Å². The Morgan fingerprint density at radius 1 is 1.25 bits per heavy atom. The Kier molecular flexibility index (Phi) is 4.12. The molecule has 1 atom stereocenters. The molecule has 108 valence electrons. The summed E-state index contributed by atoms with van der Waals surface area (Å²) < 4.78 is 10.4. The quantitative estimate of drug-likeness (QED) is 0.821. The highest BCUT2D eigenvalue weighted by Gasteiger charge is 2.37. The van der Waals surface area contributed by atoms with E-state index in [1.165, 1.54) is 4.90 Å². The van der Waals surface area contributed by atoms with Crippen LogP contribution in [0.3, 0.4) is 0 Å². The second-order valence-corrected chi connectivity index (χ2v) is 4.45. The standard InChI is InChI=1S/C14H18N2O4/c1-4-16-13(17)8-10(14(16)18)15-9-5-6-11(19-2)12(7-9)20-3/h5-7,10,15H,4,8H2,1-3H3. The monoisotopic (exact) mass is 278 g/mol. The van der Waals surface area contributed by atoms with Crippen molar-refractivity contribution in [2.24, 2.45) is 0 Å². The molecule has 0 radical (unpaired) electrons. The Balaban J connectivity index is 2.15. The summed E-state index contributed by atoms with van der Waals surface area (Å²) in [6.07, 6.45) is 0.182.